The second-order valence-electron chi connectivity index (χ2n) is 5.23. The fourth-order valence-corrected chi connectivity index (χ4v) is 5.47. The van der Waals surface area contributed by atoms with Gasteiger partial charge >= 0.3 is 0 Å². The van der Waals surface area contributed by atoms with E-state index in [2.05, 4.69) is 22.8 Å². The quantitative estimate of drug-likeness (QED) is 0.880. The molecule has 21 heavy (non-hydrogen) atoms. The molecule has 0 radical (unpaired) electrons. The smallest absolute Gasteiger partial charge is 0.228 e. The first-order valence-corrected chi connectivity index (χ1v) is 9.27. The number of rotatable bonds is 3. The Morgan fingerprint density at radius 3 is 2.81 bits per heavy atom. The van der Waals surface area contributed by atoms with Crippen molar-refractivity contribution in [3.05, 3.63) is 29.8 Å². The monoisotopic (exact) mass is 344 g/mol. The largest absolute Gasteiger partial charge is 0.326 e. The van der Waals surface area contributed by atoms with E-state index in [0.29, 0.717) is 4.58 Å². The lowest BCUT2D eigenvalue weighted by Gasteiger charge is -2.22. The summed E-state index contributed by atoms with van der Waals surface area (Å²) in [4.78, 5) is 12.2. The van der Waals surface area contributed by atoms with Gasteiger partial charge < -0.3 is 10.6 Å². The third kappa shape index (κ3) is 4.55. The number of halogens is 1. The lowest BCUT2D eigenvalue weighted by molar-refractivity contribution is -0.120. The van der Waals surface area contributed by atoms with Gasteiger partial charge in [0.25, 0.3) is 0 Å². The van der Waals surface area contributed by atoms with Crippen molar-refractivity contribution in [2.45, 2.75) is 17.4 Å². The predicted molar refractivity (Wildman–Crippen MR) is 95.6 cm³/mol. The molecule has 1 amide bonds. The highest BCUT2D eigenvalue weighted by atomic mass is 35.5. The number of piperidine rings is 1. The van der Waals surface area contributed by atoms with Crippen LogP contribution in [0.1, 0.15) is 23.0 Å². The van der Waals surface area contributed by atoms with Crippen LogP contribution in [0, 0.1) is 5.92 Å². The van der Waals surface area contributed by atoms with E-state index in [9.17, 15) is 4.79 Å². The summed E-state index contributed by atoms with van der Waals surface area (Å²) in [6.07, 6.45) is 2.08. The predicted octanol–water partition coefficient (Wildman–Crippen LogP) is 3.53. The highest BCUT2D eigenvalue weighted by Gasteiger charge is 2.22. The van der Waals surface area contributed by atoms with Crippen molar-refractivity contribution in [2.24, 2.45) is 5.92 Å². The molecule has 6 heteroatoms. The van der Waals surface area contributed by atoms with Crippen LogP contribution in [0.25, 0.3) is 0 Å². The highest BCUT2D eigenvalue weighted by molar-refractivity contribution is 8.19. The van der Waals surface area contributed by atoms with Crippen LogP contribution in [0.15, 0.2) is 24.3 Å². The number of carbonyl (C=O) groups is 1. The molecule has 0 saturated carbocycles. The first-order valence-electron chi connectivity index (χ1n) is 7.18. The van der Waals surface area contributed by atoms with Crippen LogP contribution < -0.4 is 10.6 Å². The van der Waals surface area contributed by atoms with E-state index in [-0.39, 0.29) is 24.2 Å². The van der Waals surface area contributed by atoms with Gasteiger partial charge in [-0.25, -0.2) is 0 Å². The first kappa shape index (κ1) is 17.0. The zero-order valence-electron chi connectivity index (χ0n) is 11.8. The molecule has 1 atom stereocenters. The SMILES string of the molecule is Cl.O=C(Nc1cccc(C2SCCS2)c1)C1CCCNC1. The Balaban J connectivity index is 0.00000161. The van der Waals surface area contributed by atoms with Crippen molar-refractivity contribution in [3.8, 4) is 0 Å². The number of benzene rings is 1. The number of nitrogens with one attached hydrogen (secondary N) is 2. The second kappa shape index (κ2) is 8.32. The Labute approximate surface area is 140 Å². The maximum atomic E-state index is 12.2. The van der Waals surface area contributed by atoms with Gasteiger partial charge in [-0.2, -0.15) is 0 Å². The lowest BCUT2D eigenvalue weighted by atomic mass is 9.99. The summed E-state index contributed by atoms with van der Waals surface area (Å²) in [7, 11) is 0. The maximum Gasteiger partial charge on any atom is 0.228 e. The molecule has 1 aromatic rings. The van der Waals surface area contributed by atoms with Crippen LogP contribution in [0.3, 0.4) is 0 Å². The van der Waals surface area contributed by atoms with Gasteiger partial charge in [0.2, 0.25) is 5.91 Å². The fourth-order valence-electron chi connectivity index (χ4n) is 2.63. The molecule has 2 fully saturated rings. The van der Waals surface area contributed by atoms with Gasteiger partial charge in [0.05, 0.1) is 10.5 Å². The molecule has 0 bridgehead atoms. The molecule has 2 saturated heterocycles. The van der Waals surface area contributed by atoms with Gasteiger partial charge in [-0.3, -0.25) is 4.79 Å². The Hall–Kier alpha value is -0.360. The van der Waals surface area contributed by atoms with Crippen molar-refractivity contribution >= 4 is 47.5 Å². The summed E-state index contributed by atoms with van der Waals surface area (Å²) >= 11 is 3.98. The Kier molecular flexibility index (Phi) is 6.74. The number of anilines is 1. The van der Waals surface area contributed by atoms with Crippen LogP contribution in [0.5, 0.6) is 0 Å². The fraction of sp³-hybridized carbons (Fsp3) is 0.533. The van der Waals surface area contributed by atoms with Crippen molar-refractivity contribution in [1.29, 1.82) is 0 Å². The van der Waals surface area contributed by atoms with Crippen LogP contribution in [-0.2, 0) is 4.79 Å². The minimum Gasteiger partial charge on any atom is -0.326 e. The molecule has 2 heterocycles. The van der Waals surface area contributed by atoms with Gasteiger partial charge in [0, 0.05) is 23.7 Å². The van der Waals surface area contributed by atoms with E-state index in [1.165, 1.54) is 17.1 Å². The molecule has 116 valence electrons. The number of hydrogen-bond acceptors (Lipinski definition) is 4. The molecule has 2 aliphatic rings. The van der Waals surface area contributed by atoms with Crippen molar-refractivity contribution < 1.29 is 4.79 Å². The number of thioether (sulfide) groups is 2. The van der Waals surface area contributed by atoms with Gasteiger partial charge in [0.15, 0.2) is 0 Å². The Morgan fingerprint density at radius 2 is 2.10 bits per heavy atom. The molecule has 0 spiro atoms. The van der Waals surface area contributed by atoms with E-state index in [1.54, 1.807) is 0 Å². The average molecular weight is 345 g/mol. The van der Waals surface area contributed by atoms with Crippen molar-refractivity contribution in [1.82, 2.24) is 5.32 Å². The summed E-state index contributed by atoms with van der Waals surface area (Å²) in [5.41, 5.74) is 2.25. The Bertz CT molecular complexity index is 474. The van der Waals surface area contributed by atoms with Crippen LogP contribution in [0.4, 0.5) is 5.69 Å². The molecule has 1 unspecified atom stereocenters. The number of amides is 1. The number of hydrogen-bond donors (Lipinski definition) is 2. The molecule has 2 aliphatic heterocycles. The second-order valence-corrected chi connectivity index (χ2v) is 7.96. The number of carbonyl (C=O) groups excluding carboxylic acids is 1. The van der Waals surface area contributed by atoms with E-state index < -0.39 is 0 Å². The third-order valence-electron chi connectivity index (χ3n) is 3.72. The van der Waals surface area contributed by atoms with Crippen LogP contribution >= 0.6 is 35.9 Å². The van der Waals surface area contributed by atoms with Gasteiger partial charge in [-0.15, -0.1) is 35.9 Å². The zero-order chi connectivity index (χ0) is 13.8. The molecular formula is C15H21ClN2OS2. The normalized spacial score (nSPS) is 22.6. The van der Waals surface area contributed by atoms with Crippen LogP contribution in [-0.4, -0.2) is 30.5 Å². The van der Waals surface area contributed by atoms with E-state index in [1.807, 2.05) is 35.7 Å². The summed E-state index contributed by atoms with van der Waals surface area (Å²) in [5, 5.41) is 6.37. The molecule has 0 aromatic heterocycles. The highest BCUT2D eigenvalue weighted by Crippen LogP contribution is 2.45. The maximum absolute atomic E-state index is 12.2. The lowest BCUT2D eigenvalue weighted by Crippen LogP contribution is -2.37. The standard InChI is InChI=1S/C15H20N2OS2.ClH/c18-14(12-4-2-6-16-10-12)17-13-5-1-3-11(9-13)15-19-7-8-20-15;/h1,3,5,9,12,15-16H,2,4,6-8,10H2,(H,17,18);1H. The molecular weight excluding hydrogens is 324 g/mol. The van der Waals surface area contributed by atoms with Crippen LogP contribution in [0.2, 0.25) is 0 Å². The van der Waals surface area contributed by atoms with Crippen molar-refractivity contribution in [2.75, 3.05) is 29.9 Å². The summed E-state index contributed by atoms with van der Waals surface area (Å²) in [6, 6.07) is 8.32. The molecule has 1 aromatic carbocycles. The van der Waals surface area contributed by atoms with Gasteiger partial charge in [-0.1, -0.05) is 12.1 Å². The molecule has 3 rings (SSSR count). The topological polar surface area (TPSA) is 41.1 Å². The van der Waals surface area contributed by atoms with Gasteiger partial charge in [-0.05, 0) is 37.1 Å². The molecule has 2 N–H and O–H groups in total. The van der Waals surface area contributed by atoms with E-state index in [4.69, 9.17) is 0 Å². The average Bonchev–Trinajstić information content (AvgIpc) is 3.03. The summed E-state index contributed by atoms with van der Waals surface area (Å²) < 4.78 is 0.531. The van der Waals surface area contributed by atoms with E-state index in [0.717, 1.165) is 31.6 Å². The third-order valence-corrected chi connectivity index (χ3v) is 6.82. The van der Waals surface area contributed by atoms with Crippen molar-refractivity contribution in [3.63, 3.8) is 0 Å². The minimum absolute atomic E-state index is 0. The molecule has 3 nitrogen and oxygen atoms in total. The first-order chi connectivity index (χ1) is 9.83. The zero-order valence-corrected chi connectivity index (χ0v) is 14.3. The molecule has 0 aliphatic carbocycles. The minimum atomic E-state index is 0. The summed E-state index contributed by atoms with van der Waals surface area (Å²) in [5.74, 6) is 2.71. The summed E-state index contributed by atoms with van der Waals surface area (Å²) in [6.45, 7) is 1.84. The van der Waals surface area contributed by atoms with Gasteiger partial charge in [0.1, 0.15) is 0 Å². The Morgan fingerprint density at radius 1 is 1.29 bits per heavy atom. The van der Waals surface area contributed by atoms with E-state index >= 15 is 0 Å².